The van der Waals surface area contributed by atoms with Gasteiger partial charge in [-0.3, -0.25) is 4.21 Å². The van der Waals surface area contributed by atoms with E-state index in [9.17, 15) is 13.0 Å². The van der Waals surface area contributed by atoms with E-state index in [0.29, 0.717) is 23.3 Å². The van der Waals surface area contributed by atoms with Crippen molar-refractivity contribution in [1.82, 2.24) is 0 Å². The molecule has 0 spiro atoms. The highest BCUT2D eigenvalue weighted by Crippen LogP contribution is 2.36. The summed E-state index contributed by atoms with van der Waals surface area (Å²) < 4.78 is 38.7. The van der Waals surface area contributed by atoms with Gasteiger partial charge in [-0.25, -0.2) is 8.78 Å². The molecule has 0 amide bonds. The molecule has 0 bridgehead atoms. The molecule has 1 nitrogen and oxygen atoms in total. The van der Waals surface area contributed by atoms with Crippen molar-refractivity contribution in [3.63, 3.8) is 0 Å². The van der Waals surface area contributed by atoms with Crippen molar-refractivity contribution in [2.24, 2.45) is 0 Å². The normalized spacial score (nSPS) is 20.8. The van der Waals surface area contributed by atoms with Crippen molar-refractivity contribution in [3.05, 3.63) is 34.9 Å². The molecule has 2 rings (SSSR count). The van der Waals surface area contributed by atoms with Gasteiger partial charge in [0, 0.05) is 27.4 Å². The van der Waals surface area contributed by atoms with Crippen LogP contribution >= 0.6 is 0 Å². The van der Waals surface area contributed by atoms with Crippen molar-refractivity contribution in [2.75, 3.05) is 5.75 Å². The second-order valence-electron chi connectivity index (χ2n) is 5.82. The summed E-state index contributed by atoms with van der Waals surface area (Å²) in [5, 5.41) is 0. The first-order chi connectivity index (χ1) is 8.29. The van der Waals surface area contributed by atoms with Crippen LogP contribution < -0.4 is 0 Å². The lowest BCUT2D eigenvalue weighted by Gasteiger charge is -2.21. The van der Waals surface area contributed by atoms with E-state index in [1.807, 2.05) is 20.8 Å². The maximum atomic E-state index is 13.6. The summed E-state index contributed by atoms with van der Waals surface area (Å²) in [6.07, 6.45) is 1.38. The molecular formula is C14H18F2OS. The lowest BCUT2D eigenvalue weighted by Crippen LogP contribution is -2.26. The molecule has 100 valence electrons. The Labute approximate surface area is 109 Å². The minimum absolute atomic E-state index is 0.0188. The van der Waals surface area contributed by atoms with Gasteiger partial charge in [0.15, 0.2) is 0 Å². The Hall–Kier alpha value is -0.770. The lowest BCUT2D eigenvalue weighted by atomic mass is 10.0. The van der Waals surface area contributed by atoms with Crippen molar-refractivity contribution >= 4 is 10.8 Å². The zero-order chi connectivity index (χ0) is 13.5. The van der Waals surface area contributed by atoms with E-state index in [0.717, 1.165) is 12.5 Å². The summed E-state index contributed by atoms with van der Waals surface area (Å²) in [6, 6.07) is 2.33. The molecule has 0 fully saturated rings. The van der Waals surface area contributed by atoms with Crippen LogP contribution in [0.4, 0.5) is 8.78 Å². The quantitative estimate of drug-likeness (QED) is 0.804. The topological polar surface area (TPSA) is 17.1 Å². The largest absolute Gasteiger partial charge is 0.259 e. The van der Waals surface area contributed by atoms with Gasteiger partial charge in [-0.15, -0.1) is 0 Å². The van der Waals surface area contributed by atoms with Gasteiger partial charge in [-0.2, -0.15) is 0 Å². The molecule has 0 aliphatic heterocycles. The molecule has 0 saturated carbocycles. The number of benzene rings is 1. The summed E-state index contributed by atoms with van der Waals surface area (Å²) in [5.74, 6) is -0.502. The highest BCUT2D eigenvalue weighted by atomic mass is 32.2. The highest BCUT2D eigenvalue weighted by molar-refractivity contribution is 7.86. The van der Waals surface area contributed by atoms with Crippen LogP contribution in [-0.2, 0) is 17.2 Å². The summed E-state index contributed by atoms with van der Waals surface area (Å²) in [7, 11) is -0.993. The predicted octanol–water partition coefficient (Wildman–Crippen LogP) is 3.54. The molecule has 4 heteroatoms. The number of hydrogen-bond acceptors (Lipinski definition) is 1. The molecule has 0 N–H and O–H groups in total. The first-order valence-corrected chi connectivity index (χ1v) is 7.47. The molecule has 2 atom stereocenters. The fraction of sp³-hybridized carbons (Fsp3) is 0.571. The number of hydrogen-bond donors (Lipinski definition) is 0. The van der Waals surface area contributed by atoms with Crippen molar-refractivity contribution in [3.8, 4) is 0 Å². The molecule has 1 aliphatic carbocycles. The second-order valence-corrected chi connectivity index (χ2v) is 8.06. The average Bonchev–Trinajstić information content (AvgIpc) is 2.60. The Bertz CT molecular complexity index is 491. The van der Waals surface area contributed by atoms with Crippen LogP contribution in [0.15, 0.2) is 12.1 Å². The van der Waals surface area contributed by atoms with Crippen LogP contribution in [0.5, 0.6) is 0 Å². The fourth-order valence-corrected chi connectivity index (χ4v) is 3.54. The van der Waals surface area contributed by atoms with Crippen LogP contribution in [-0.4, -0.2) is 14.7 Å². The van der Waals surface area contributed by atoms with Gasteiger partial charge >= 0.3 is 0 Å². The van der Waals surface area contributed by atoms with E-state index in [1.54, 1.807) is 0 Å². The summed E-state index contributed by atoms with van der Waals surface area (Å²) in [6.45, 7) is 5.77. The first-order valence-electron chi connectivity index (χ1n) is 6.15. The monoisotopic (exact) mass is 272 g/mol. The SMILES string of the molecule is CC(C)(C)[S@](=O)CC1CCc2c(F)cc(F)cc21. The first kappa shape index (κ1) is 13.7. The third-order valence-corrected chi connectivity index (χ3v) is 5.48. The summed E-state index contributed by atoms with van der Waals surface area (Å²) >= 11 is 0. The molecule has 18 heavy (non-hydrogen) atoms. The van der Waals surface area contributed by atoms with Gasteiger partial charge in [0.1, 0.15) is 11.6 Å². The van der Waals surface area contributed by atoms with E-state index >= 15 is 0 Å². The molecule has 1 aliphatic rings. The van der Waals surface area contributed by atoms with Gasteiger partial charge in [0.25, 0.3) is 0 Å². The van der Waals surface area contributed by atoms with Crippen LogP contribution in [0.1, 0.15) is 44.2 Å². The maximum Gasteiger partial charge on any atom is 0.129 e. The fourth-order valence-electron chi connectivity index (χ4n) is 2.33. The van der Waals surface area contributed by atoms with Crippen LogP contribution in [0.2, 0.25) is 0 Å². The zero-order valence-corrected chi connectivity index (χ0v) is 11.7. The predicted molar refractivity (Wildman–Crippen MR) is 70.2 cm³/mol. The second kappa shape index (κ2) is 4.72. The molecular weight excluding hydrogens is 254 g/mol. The van der Waals surface area contributed by atoms with Crippen molar-refractivity contribution in [2.45, 2.75) is 44.3 Å². The molecule has 0 aromatic heterocycles. The maximum absolute atomic E-state index is 13.6. The van der Waals surface area contributed by atoms with Gasteiger partial charge in [0.05, 0.1) is 0 Å². The Kier molecular flexibility index (Phi) is 3.58. The smallest absolute Gasteiger partial charge is 0.129 e. The summed E-state index contributed by atoms with van der Waals surface area (Å²) in [4.78, 5) is 0. The third kappa shape index (κ3) is 2.63. The van der Waals surface area contributed by atoms with Gasteiger partial charge < -0.3 is 0 Å². The Morgan fingerprint density at radius 2 is 2.00 bits per heavy atom. The third-order valence-electron chi connectivity index (χ3n) is 3.41. The minimum Gasteiger partial charge on any atom is -0.259 e. The van der Waals surface area contributed by atoms with E-state index in [2.05, 4.69) is 0 Å². The van der Waals surface area contributed by atoms with E-state index in [4.69, 9.17) is 0 Å². The van der Waals surface area contributed by atoms with Crippen LogP contribution in [0, 0.1) is 11.6 Å². The van der Waals surface area contributed by atoms with E-state index < -0.39 is 22.4 Å². The molecule has 1 unspecified atom stereocenters. The lowest BCUT2D eigenvalue weighted by molar-refractivity contribution is 0.573. The van der Waals surface area contributed by atoms with Crippen LogP contribution in [0.25, 0.3) is 0 Å². The molecule has 0 saturated heterocycles. The Morgan fingerprint density at radius 1 is 1.33 bits per heavy atom. The van der Waals surface area contributed by atoms with Gasteiger partial charge in [0.2, 0.25) is 0 Å². The van der Waals surface area contributed by atoms with Gasteiger partial charge in [-0.1, -0.05) is 0 Å². The van der Waals surface area contributed by atoms with E-state index in [-0.39, 0.29) is 10.7 Å². The molecule has 0 radical (unpaired) electrons. The van der Waals surface area contributed by atoms with E-state index in [1.165, 1.54) is 6.07 Å². The highest BCUT2D eigenvalue weighted by Gasteiger charge is 2.30. The minimum atomic E-state index is -0.993. The summed E-state index contributed by atoms with van der Waals surface area (Å²) in [5.41, 5.74) is 1.32. The average molecular weight is 272 g/mol. The Morgan fingerprint density at radius 3 is 2.61 bits per heavy atom. The molecule has 1 aromatic rings. The van der Waals surface area contributed by atoms with Crippen LogP contribution in [0.3, 0.4) is 0 Å². The Balaban J connectivity index is 2.25. The molecule has 0 heterocycles. The van der Waals surface area contributed by atoms with Gasteiger partial charge in [-0.05, 0) is 56.7 Å². The zero-order valence-electron chi connectivity index (χ0n) is 10.9. The number of halogens is 2. The number of rotatable bonds is 2. The van der Waals surface area contributed by atoms with Crippen molar-refractivity contribution in [1.29, 1.82) is 0 Å². The van der Waals surface area contributed by atoms with Crippen molar-refractivity contribution < 1.29 is 13.0 Å². The molecule has 1 aromatic carbocycles. The standard InChI is InChI=1S/C14H18F2OS/c1-14(2,3)18(17)8-9-4-5-11-12(9)6-10(15)7-13(11)16/h6-7,9H,4-5,8H2,1-3H3/t9?,18-/m1/s1. The number of fused-ring (bicyclic) bond motifs is 1.